The van der Waals surface area contributed by atoms with Crippen LogP contribution in [0, 0.1) is 0 Å². The summed E-state index contributed by atoms with van der Waals surface area (Å²) in [4.78, 5) is 24.3. The van der Waals surface area contributed by atoms with Crippen LogP contribution in [0.25, 0.3) is 0 Å². The number of ether oxygens (including phenoxy) is 1. The van der Waals surface area contributed by atoms with Crippen LogP contribution in [-0.4, -0.2) is 32.9 Å². The number of esters is 1. The number of benzene rings is 1. The second-order valence-electron chi connectivity index (χ2n) is 7.35. The van der Waals surface area contributed by atoms with Crippen molar-refractivity contribution in [3.63, 3.8) is 0 Å². The van der Waals surface area contributed by atoms with Gasteiger partial charge in [-0.25, -0.2) is 4.79 Å². The molecule has 2 rings (SSSR count). The monoisotopic (exact) mass is 388 g/mol. The molecule has 0 unspecified atom stereocenters. The fraction of sp³-hybridized carbons (Fsp3) is 0.476. The Morgan fingerprint density at radius 1 is 1.15 bits per heavy atom. The van der Waals surface area contributed by atoms with Gasteiger partial charge >= 0.3 is 5.97 Å². The minimum Gasteiger partial charge on any atom is -0.456 e. The van der Waals surface area contributed by atoms with E-state index in [1.807, 2.05) is 56.6 Å². The van der Waals surface area contributed by atoms with Crippen LogP contribution in [0.4, 0.5) is 0 Å². The third-order valence-electron chi connectivity index (χ3n) is 3.78. The molecule has 0 aliphatic rings. The van der Waals surface area contributed by atoms with E-state index in [9.17, 15) is 9.59 Å². The fourth-order valence-electron chi connectivity index (χ4n) is 2.48. The second-order valence-corrected chi connectivity index (χ2v) is 8.43. The van der Waals surface area contributed by atoms with E-state index in [4.69, 9.17) is 4.74 Å². The van der Waals surface area contributed by atoms with E-state index < -0.39 is 5.60 Å². The molecular weight excluding hydrogens is 360 g/mol. The van der Waals surface area contributed by atoms with Crippen molar-refractivity contribution in [2.24, 2.45) is 0 Å². The van der Waals surface area contributed by atoms with Crippen LogP contribution < -0.4 is 0 Å². The molecule has 0 bridgehead atoms. The molecule has 0 spiro atoms. The zero-order chi connectivity index (χ0) is 20.0. The first-order chi connectivity index (χ1) is 12.7. The molecule has 0 amide bonds. The van der Waals surface area contributed by atoms with Crippen molar-refractivity contribution in [2.75, 3.05) is 5.75 Å². The van der Waals surface area contributed by atoms with Crippen LogP contribution in [0.3, 0.4) is 0 Å². The van der Waals surface area contributed by atoms with E-state index >= 15 is 0 Å². The lowest BCUT2D eigenvalue weighted by molar-refractivity contribution is 0.00650. The van der Waals surface area contributed by atoms with Gasteiger partial charge in [0, 0.05) is 12.0 Å². The molecule has 0 saturated heterocycles. The molecule has 1 aromatic carbocycles. The summed E-state index contributed by atoms with van der Waals surface area (Å²) in [6, 6.07) is 7.56. The Hall–Kier alpha value is -2.08. The predicted molar refractivity (Wildman–Crippen MR) is 109 cm³/mol. The standard InChI is InChI=1S/C21H28N2O3S/c1-6-12-27-19-17(20(25)26-21(3,4)5)13-22-23(19)14-15-8-10-16(11-9-15)18(24)7-2/h8-11,13H,6-7,12,14H2,1-5H3. The highest BCUT2D eigenvalue weighted by Crippen LogP contribution is 2.26. The molecule has 0 aliphatic carbocycles. The average Bonchev–Trinajstić information content (AvgIpc) is 3.01. The molecule has 146 valence electrons. The molecule has 0 atom stereocenters. The molecule has 0 radical (unpaired) electrons. The summed E-state index contributed by atoms with van der Waals surface area (Å²) >= 11 is 1.61. The molecule has 1 heterocycles. The molecule has 0 fully saturated rings. The van der Waals surface area contributed by atoms with E-state index in [0.717, 1.165) is 28.3 Å². The maximum Gasteiger partial charge on any atom is 0.343 e. The van der Waals surface area contributed by atoms with Gasteiger partial charge in [-0.15, -0.1) is 11.8 Å². The van der Waals surface area contributed by atoms with Gasteiger partial charge in [0.25, 0.3) is 0 Å². The van der Waals surface area contributed by atoms with Gasteiger partial charge in [0.05, 0.1) is 12.7 Å². The molecule has 0 aliphatic heterocycles. The first-order valence-electron chi connectivity index (χ1n) is 9.29. The SMILES string of the molecule is CCCSc1c(C(=O)OC(C)(C)C)cnn1Cc1ccc(C(=O)CC)cc1. The van der Waals surface area contributed by atoms with Gasteiger partial charge in [0.2, 0.25) is 0 Å². The van der Waals surface area contributed by atoms with Crippen molar-refractivity contribution < 1.29 is 14.3 Å². The van der Waals surface area contributed by atoms with Gasteiger partial charge in [-0.3, -0.25) is 9.48 Å². The van der Waals surface area contributed by atoms with E-state index in [0.29, 0.717) is 18.5 Å². The lowest BCUT2D eigenvalue weighted by Crippen LogP contribution is -2.24. The highest BCUT2D eigenvalue weighted by molar-refractivity contribution is 7.99. The number of rotatable bonds is 8. The van der Waals surface area contributed by atoms with Gasteiger partial charge in [0.15, 0.2) is 5.78 Å². The molecule has 27 heavy (non-hydrogen) atoms. The minimum absolute atomic E-state index is 0.132. The second kappa shape index (κ2) is 9.22. The molecule has 0 N–H and O–H groups in total. The zero-order valence-corrected chi connectivity index (χ0v) is 17.6. The number of aromatic nitrogens is 2. The lowest BCUT2D eigenvalue weighted by atomic mass is 10.1. The topological polar surface area (TPSA) is 61.2 Å². The van der Waals surface area contributed by atoms with Crippen molar-refractivity contribution in [1.82, 2.24) is 9.78 Å². The van der Waals surface area contributed by atoms with E-state index in [1.165, 1.54) is 0 Å². The Kier molecular flexibility index (Phi) is 7.25. The number of thioether (sulfide) groups is 1. The van der Waals surface area contributed by atoms with Crippen LogP contribution in [0.15, 0.2) is 35.5 Å². The maximum absolute atomic E-state index is 12.5. The maximum atomic E-state index is 12.5. The highest BCUT2D eigenvalue weighted by Gasteiger charge is 2.24. The number of hydrogen-bond donors (Lipinski definition) is 0. The number of carbonyl (C=O) groups excluding carboxylic acids is 2. The highest BCUT2D eigenvalue weighted by atomic mass is 32.2. The smallest absolute Gasteiger partial charge is 0.343 e. The van der Waals surface area contributed by atoms with Crippen LogP contribution in [0.1, 0.15) is 73.7 Å². The molecular formula is C21H28N2O3S. The summed E-state index contributed by atoms with van der Waals surface area (Å²) in [7, 11) is 0. The van der Waals surface area contributed by atoms with E-state index in [2.05, 4.69) is 12.0 Å². The minimum atomic E-state index is -0.548. The predicted octanol–water partition coefficient (Wildman–Crippen LogP) is 4.98. The largest absolute Gasteiger partial charge is 0.456 e. The Bertz CT molecular complexity index is 789. The lowest BCUT2D eigenvalue weighted by Gasteiger charge is -2.19. The summed E-state index contributed by atoms with van der Waals surface area (Å²) in [5.74, 6) is 0.675. The molecule has 1 aromatic heterocycles. The molecule has 6 heteroatoms. The first kappa shape index (κ1) is 21.2. The first-order valence-corrected chi connectivity index (χ1v) is 10.3. The van der Waals surface area contributed by atoms with Crippen molar-refractivity contribution in [2.45, 2.75) is 64.6 Å². The number of carbonyl (C=O) groups is 2. The van der Waals surface area contributed by atoms with Crippen molar-refractivity contribution in [3.05, 3.63) is 47.2 Å². The van der Waals surface area contributed by atoms with Gasteiger partial charge in [-0.2, -0.15) is 5.10 Å². The van der Waals surface area contributed by atoms with Crippen molar-refractivity contribution >= 4 is 23.5 Å². The van der Waals surface area contributed by atoms with Crippen LogP contribution in [0.5, 0.6) is 0 Å². The third kappa shape index (κ3) is 5.96. The van der Waals surface area contributed by atoms with E-state index in [-0.39, 0.29) is 11.8 Å². The molecule has 5 nitrogen and oxygen atoms in total. The van der Waals surface area contributed by atoms with Crippen LogP contribution >= 0.6 is 11.8 Å². The third-order valence-corrected chi connectivity index (χ3v) is 5.10. The van der Waals surface area contributed by atoms with Crippen molar-refractivity contribution in [1.29, 1.82) is 0 Å². The van der Waals surface area contributed by atoms with Gasteiger partial charge in [-0.1, -0.05) is 38.1 Å². The van der Waals surface area contributed by atoms with Gasteiger partial charge in [-0.05, 0) is 38.5 Å². The Morgan fingerprint density at radius 2 is 1.81 bits per heavy atom. The summed E-state index contributed by atoms with van der Waals surface area (Å²) < 4.78 is 7.35. The fourth-order valence-corrected chi connectivity index (χ4v) is 3.43. The van der Waals surface area contributed by atoms with E-state index in [1.54, 1.807) is 18.0 Å². The summed E-state index contributed by atoms with van der Waals surface area (Å²) in [6.45, 7) is 10.1. The quantitative estimate of drug-likeness (QED) is 0.362. The van der Waals surface area contributed by atoms with Gasteiger partial charge in [0.1, 0.15) is 16.2 Å². The normalized spacial score (nSPS) is 11.4. The Labute approximate surface area is 165 Å². The van der Waals surface area contributed by atoms with Crippen molar-refractivity contribution in [3.8, 4) is 0 Å². The zero-order valence-electron chi connectivity index (χ0n) is 16.7. The van der Waals surface area contributed by atoms with Gasteiger partial charge < -0.3 is 4.74 Å². The molecule has 0 saturated carbocycles. The number of hydrogen-bond acceptors (Lipinski definition) is 5. The average molecular weight is 389 g/mol. The van der Waals surface area contributed by atoms with Crippen LogP contribution in [0.2, 0.25) is 0 Å². The summed E-state index contributed by atoms with van der Waals surface area (Å²) in [5, 5.41) is 5.24. The van der Waals surface area contributed by atoms with Crippen LogP contribution in [-0.2, 0) is 11.3 Å². The number of nitrogens with zero attached hydrogens (tertiary/aromatic N) is 2. The summed E-state index contributed by atoms with van der Waals surface area (Å²) in [6.07, 6.45) is 3.08. The Morgan fingerprint density at radius 3 is 2.37 bits per heavy atom. The molecule has 2 aromatic rings. The Balaban J connectivity index is 2.25. The summed E-state index contributed by atoms with van der Waals surface area (Å²) in [5.41, 5.74) is 1.70. The number of Topliss-reactive ketones (excluding diaryl/α,β-unsaturated/α-hetero) is 1. The number of ketones is 1.